The van der Waals surface area contributed by atoms with Crippen molar-refractivity contribution >= 4 is 23.2 Å². The Morgan fingerprint density at radius 2 is 1.78 bits per heavy atom. The van der Waals surface area contributed by atoms with E-state index in [1.54, 1.807) is 18.2 Å². The summed E-state index contributed by atoms with van der Waals surface area (Å²) in [6.45, 7) is 0.970. The van der Waals surface area contributed by atoms with E-state index < -0.39 is 11.5 Å². The Bertz CT molecular complexity index is 458. The molecular weight excluding hydrogens is 273 g/mol. The van der Waals surface area contributed by atoms with Crippen LogP contribution in [0.1, 0.15) is 24.5 Å². The fourth-order valence-electron chi connectivity index (χ4n) is 2.23. The molecule has 1 heterocycles. The van der Waals surface area contributed by atoms with Gasteiger partial charge in [-0.25, -0.2) is 0 Å². The Balaban J connectivity index is 2.34. The van der Waals surface area contributed by atoms with Crippen molar-refractivity contribution in [2.45, 2.75) is 18.9 Å². The number of rotatable bonds is 2. The number of benzene rings is 1. The summed E-state index contributed by atoms with van der Waals surface area (Å²) in [6.07, 6.45) is 0.117. The lowest BCUT2D eigenvalue weighted by Crippen LogP contribution is -2.34. The molecule has 0 aliphatic carbocycles. The van der Waals surface area contributed by atoms with Gasteiger partial charge in [0, 0.05) is 23.3 Å². The molecule has 1 atom stereocenters. The van der Waals surface area contributed by atoms with E-state index >= 15 is 0 Å². The summed E-state index contributed by atoms with van der Waals surface area (Å²) >= 11 is 11.8. The van der Waals surface area contributed by atoms with Crippen LogP contribution in [0.2, 0.25) is 10.0 Å². The highest BCUT2D eigenvalue weighted by Crippen LogP contribution is 2.42. The van der Waals surface area contributed by atoms with Gasteiger partial charge in [0.2, 0.25) is 0 Å². The first-order valence-corrected chi connectivity index (χ1v) is 6.46. The average Bonchev–Trinajstić information content (AvgIpc) is 2.37. The molecular formula is C13H13Cl2NO2. The van der Waals surface area contributed by atoms with Gasteiger partial charge in [0.1, 0.15) is 0 Å². The van der Waals surface area contributed by atoms with Gasteiger partial charge in [-0.05, 0) is 36.6 Å². The number of aliphatic hydroxyl groups is 1. The lowest BCUT2D eigenvalue weighted by molar-refractivity contribution is -0.0310. The maximum Gasteiger partial charge on any atom is 0.0979 e. The van der Waals surface area contributed by atoms with Crippen molar-refractivity contribution in [3.8, 4) is 6.07 Å². The molecule has 0 saturated carbocycles. The monoisotopic (exact) mass is 285 g/mol. The highest BCUT2D eigenvalue weighted by molar-refractivity contribution is 6.34. The Labute approximate surface area is 116 Å². The molecule has 1 N–H and O–H groups in total. The summed E-state index contributed by atoms with van der Waals surface area (Å²) in [6, 6.07) is 7.13. The molecule has 1 saturated heterocycles. The Morgan fingerprint density at radius 1 is 1.22 bits per heavy atom. The Hall–Kier alpha value is -0.790. The van der Waals surface area contributed by atoms with Crippen molar-refractivity contribution < 1.29 is 9.84 Å². The van der Waals surface area contributed by atoms with Crippen LogP contribution in [-0.4, -0.2) is 18.3 Å². The number of hydrogen-bond donors (Lipinski definition) is 1. The quantitative estimate of drug-likeness (QED) is 0.907. The van der Waals surface area contributed by atoms with Crippen LogP contribution in [-0.2, 0) is 4.74 Å². The second-order valence-electron chi connectivity index (χ2n) is 4.49. The number of nitriles is 1. The minimum absolute atomic E-state index is 0.455. The Kier molecular flexibility index (Phi) is 4.14. The fourth-order valence-corrected chi connectivity index (χ4v) is 2.78. The summed E-state index contributed by atoms with van der Waals surface area (Å²) < 4.78 is 5.25. The van der Waals surface area contributed by atoms with Crippen LogP contribution in [0, 0.1) is 16.7 Å². The largest absolute Gasteiger partial charge is 0.387 e. The van der Waals surface area contributed by atoms with Gasteiger partial charge in [-0.2, -0.15) is 5.26 Å². The minimum Gasteiger partial charge on any atom is -0.387 e. The summed E-state index contributed by atoms with van der Waals surface area (Å²) in [5, 5.41) is 20.7. The molecule has 1 aromatic carbocycles. The van der Waals surface area contributed by atoms with Crippen molar-refractivity contribution in [2.24, 2.45) is 5.41 Å². The molecule has 18 heavy (non-hydrogen) atoms. The van der Waals surface area contributed by atoms with E-state index in [1.807, 2.05) is 0 Å². The molecule has 96 valence electrons. The highest BCUT2D eigenvalue weighted by Gasteiger charge is 2.40. The van der Waals surface area contributed by atoms with E-state index in [9.17, 15) is 10.4 Å². The molecule has 5 heteroatoms. The zero-order chi connectivity index (χ0) is 13.2. The zero-order valence-corrected chi connectivity index (χ0v) is 11.2. The molecule has 1 aliphatic heterocycles. The minimum atomic E-state index is -0.900. The van der Waals surface area contributed by atoms with Gasteiger partial charge in [0.15, 0.2) is 0 Å². The number of hydrogen-bond acceptors (Lipinski definition) is 3. The van der Waals surface area contributed by atoms with E-state index in [4.69, 9.17) is 27.9 Å². The van der Waals surface area contributed by atoms with E-state index in [-0.39, 0.29) is 0 Å². The average molecular weight is 286 g/mol. The van der Waals surface area contributed by atoms with Gasteiger partial charge >= 0.3 is 0 Å². The number of aliphatic hydroxyl groups excluding tert-OH is 1. The summed E-state index contributed by atoms with van der Waals surface area (Å²) in [5.41, 5.74) is -0.234. The van der Waals surface area contributed by atoms with E-state index in [1.165, 1.54) is 0 Å². The van der Waals surface area contributed by atoms with Crippen LogP contribution in [0.3, 0.4) is 0 Å². The zero-order valence-electron chi connectivity index (χ0n) is 9.70. The van der Waals surface area contributed by atoms with Crippen LogP contribution in [0.25, 0.3) is 0 Å². The third-order valence-electron chi connectivity index (χ3n) is 3.33. The number of ether oxygens (including phenoxy) is 1. The predicted octanol–water partition coefficient (Wildman–Crippen LogP) is 3.35. The second kappa shape index (κ2) is 5.46. The number of nitrogens with zero attached hydrogens (tertiary/aromatic N) is 1. The maximum absolute atomic E-state index is 10.4. The van der Waals surface area contributed by atoms with Crippen molar-refractivity contribution in [2.75, 3.05) is 13.2 Å². The van der Waals surface area contributed by atoms with Gasteiger partial charge in [-0.15, -0.1) is 0 Å². The van der Waals surface area contributed by atoms with E-state index in [2.05, 4.69) is 6.07 Å². The van der Waals surface area contributed by atoms with Crippen LogP contribution in [0.4, 0.5) is 0 Å². The van der Waals surface area contributed by atoms with Gasteiger partial charge in [0.05, 0.1) is 17.6 Å². The summed E-state index contributed by atoms with van der Waals surface area (Å²) in [7, 11) is 0. The van der Waals surface area contributed by atoms with Crippen molar-refractivity contribution in [3.63, 3.8) is 0 Å². The van der Waals surface area contributed by atoms with Crippen LogP contribution in [0.15, 0.2) is 18.2 Å². The molecule has 1 aliphatic rings. The maximum atomic E-state index is 10.4. The smallest absolute Gasteiger partial charge is 0.0979 e. The first kappa shape index (κ1) is 13.6. The molecule has 0 spiro atoms. The van der Waals surface area contributed by atoms with Crippen LogP contribution >= 0.6 is 23.2 Å². The lowest BCUT2D eigenvalue weighted by atomic mass is 9.74. The van der Waals surface area contributed by atoms with Crippen molar-refractivity contribution in [1.29, 1.82) is 5.26 Å². The van der Waals surface area contributed by atoms with Gasteiger partial charge in [-0.3, -0.25) is 0 Å². The Morgan fingerprint density at radius 3 is 2.28 bits per heavy atom. The topological polar surface area (TPSA) is 53.2 Å². The van der Waals surface area contributed by atoms with E-state index in [0.717, 1.165) is 0 Å². The molecule has 3 nitrogen and oxygen atoms in total. The molecule has 1 aromatic rings. The predicted molar refractivity (Wildman–Crippen MR) is 69.5 cm³/mol. The van der Waals surface area contributed by atoms with Gasteiger partial charge in [-0.1, -0.05) is 23.2 Å². The molecule has 2 rings (SSSR count). The highest BCUT2D eigenvalue weighted by atomic mass is 35.5. The van der Waals surface area contributed by atoms with Crippen molar-refractivity contribution in [3.05, 3.63) is 33.8 Å². The van der Waals surface area contributed by atoms with Gasteiger partial charge < -0.3 is 9.84 Å². The summed E-state index contributed by atoms with van der Waals surface area (Å²) in [4.78, 5) is 0. The molecule has 1 fully saturated rings. The normalized spacial score (nSPS) is 20.1. The standard InChI is InChI=1S/C13H13Cl2NO2/c14-10-5-9(6-11(15)7-10)12(17)13(8-16)1-3-18-4-2-13/h5-7,12,17H,1-4H2. The van der Waals surface area contributed by atoms with Crippen LogP contribution in [0.5, 0.6) is 0 Å². The van der Waals surface area contributed by atoms with Gasteiger partial charge in [0.25, 0.3) is 0 Å². The fraction of sp³-hybridized carbons (Fsp3) is 0.462. The molecule has 0 amide bonds. The van der Waals surface area contributed by atoms with Crippen LogP contribution < -0.4 is 0 Å². The SMILES string of the molecule is N#CC1(C(O)c2cc(Cl)cc(Cl)c2)CCOCC1. The van der Waals surface area contributed by atoms with Crippen molar-refractivity contribution in [1.82, 2.24) is 0 Å². The third-order valence-corrected chi connectivity index (χ3v) is 3.77. The summed E-state index contributed by atoms with van der Waals surface area (Å²) in [5.74, 6) is 0. The number of halogens is 2. The molecule has 0 radical (unpaired) electrons. The van der Waals surface area contributed by atoms with E-state index in [0.29, 0.717) is 41.7 Å². The lowest BCUT2D eigenvalue weighted by Gasteiger charge is -2.35. The molecule has 1 unspecified atom stereocenters. The molecule has 0 aromatic heterocycles. The first-order chi connectivity index (χ1) is 8.57. The second-order valence-corrected chi connectivity index (χ2v) is 5.36. The third kappa shape index (κ3) is 2.62. The molecule has 0 bridgehead atoms. The first-order valence-electron chi connectivity index (χ1n) is 5.70.